The first-order valence-corrected chi connectivity index (χ1v) is 9.34. The molecule has 2 amide bonds. The van der Waals surface area contributed by atoms with Crippen LogP contribution in [0.4, 0.5) is 0 Å². The number of nitrogens with zero attached hydrogens (tertiary/aromatic N) is 2. The molecule has 0 spiro atoms. The molecule has 26 heavy (non-hydrogen) atoms. The lowest BCUT2D eigenvalue weighted by Crippen LogP contribution is -2.29. The molecule has 1 aliphatic heterocycles. The maximum Gasteiger partial charge on any atom is 0.271 e. The van der Waals surface area contributed by atoms with Crippen molar-refractivity contribution in [1.82, 2.24) is 20.2 Å². The van der Waals surface area contributed by atoms with Crippen molar-refractivity contribution in [2.75, 3.05) is 13.1 Å². The van der Waals surface area contributed by atoms with Gasteiger partial charge in [-0.05, 0) is 25.7 Å². The molecule has 0 saturated heterocycles. The fraction of sp³-hybridized carbons (Fsp3) is 0.450. The number of hydrogen-bond acceptors (Lipinski definition) is 3. The van der Waals surface area contributed by atoms with Crippen LogP contribution in [0.15, 0.2) is 30.3 Å². The van der Waals surface area contributed by atoms with Crippen LogP contribution in [0.5, 0.6) is 0 Å². The van der Waals surface area contributed by atoms with Crippen LogP contribution in [0.3, 0.4) is 0 Å². The number of rotatable bonds is 6. The highest BCUT2D eigenvalue weighted by Gasteiger charge is 2.23. The second-order valence-corrected chi connectivity index (χ2v) is 6.65. The molecule has 6 heteroatoms. The summed E-state index contributed by atoms with van der Waals surface area (Å²) >= 11 is 0. The van der Waals surface area contributed by atoms with E-state index in [0.717, 1.165) is 42.9 Å². The number of benzene rings is 1. The molecule has 0 saturated carbocycles. The van der Waals surface area contributed by atoms with Crippen molar-refractivity contribution in [3.8, 4) is 11.4 Å². The SMILES string of the molecule is CC(=O)NCCCNC(=O)c1nc(-c2ccccc2)n2c1CCCCC2. The van der Waals surface area contributed by atoms with Gasteiger partial charge in [-0.2, -0.15) is 0 Å². The molecule has 1 aromatic carbocycles. The van der Waals surface area contributed by atoms with E-state index in [0.29, 0.717) is 25.2 Å². The van der Waals surface area contributed by atoms with Crippen LogP contribution in [0, 0.1) is 0 Å². The Morgan fingerprint density at radius 3 is 2.62 bits per heavy atom. The molecule has 2 heterocycles. The fourth-order valence-electron chi connectivity index (χ4n) is 3.35. The minimum atomic E-state index is -0.124. The lowest BCUT2D eigenvalue weighted by atomic mass is 10.1. The third-order valence-electron chi connectivity index (χ3n) is 4.63. The van der Waals surface area contributed by atoms with Gasteiger partial charge in [-0.15, -0.1) is 0 Å². The second-order valence-electron chi connectivity index (χ2n) is 6.65. The van der Waals surface area contributed by atoms with Crippen molar-refractivity contribution in [2.45, 2.75) is 45.6 Å². The molecule has 3 rings (SSSR count). The smallest absolute Gasteiger partial charge is 0.271 e. The molecule has 0 bridgehead atoms. The van der Waals surface area contributed by atoms with Gasteiger partial charge in [0.15, 0.2) is 0 Å². The predicted molar refractivity (Wildman–Crippen MR) is 101 cm³/mol. The number of carbonyl (C=O) groups is 2. The summed E-state index contributed by atoms with van der Waals surface area (Å²) in [5, 5.41) is 5.67. The highest BCUT2D eigenvalue weighted by molar-refractivity contribution is 5.94. The van der Waals surface area contributed by atoms with Crippen LogP contribution in [-0.2, 0) is 17.8 Å². The second kappa shape index (κ2) is 8.65. The van der Waals surface area contributed by atoms with Crippen molar-refractivity contribution in [1.29, 1.82) is 0 Å². The average molecular weight is 354 g/mol. The van der Waals surface area contributed by atoms with E-state index >= 15 is 0 Å². The van der Waals surface area contributed by atoms with Gasteiger partial charge in [-0.25, -0.2) is 4.98 Å². The van der Waals surface area contributed by atoms with E-state index in [1.165, 1.54) is 13.3 Å². The zero-order valence-corrected chi connectivity index (χ0v) is 15.3. The topological polar surface area (TPSA) is 76.0 Å². The largest absolute Gasteiger partial charge is 0.356 e. The number of aromatic nitrogens is 2. The maximum atomic E-state index is 12.7. The minimum Gasteiger partial charge on any atom is -0.356 e. The minimum absolute atomic E-state index is 0.0525. The van der Waals surface area contributed by atoms with Gasteiger partial charge < -0.3 is 15.2 Å². The Morgan fingerprint density at radius 2 is 1.85 bits per heavy atom. The number of hydrogen-bond donors (Lipinski definition) is 2. The van der Waals surface area contributed by atoms with E-state index in [9.17, 15) is 9.59 Å². The van der Waals surface area contributed by atoms with Crippen LogP contribution in [0.1, 0.15) is 48.8 Å². The standard InChI is InChI=1S/C20H26N4O2/c1-15(25)21-12-8-13-22-20(26)18-17-11-6-3-7-14-24(17)19(23-18)16-9-4-2-5-10-16/h2,4-5,9-10H,3,6-8,11-14H2,1H3,(H,21,25)(H,22,26). The van der Waals surface area contributed by atoms with Gasteiger partial charge in [-0.3, -0.25) is 9.59 Å². The van der Waals surface area contributed by atoms with E-state index < -0.39 is 0 Å². The van der Waals surface area contributed by atoms with Crippen molar-refractivity contribution in [3.63, 3.8) is 0 Å². The van der Waals surface area contributed by atoms with Crippen molar-refractivity contribution >= 4 is 11.8 Å². The van der Waals surface area contributed by atoms with Crippen LogP contribution in [0.25, 0.3) is 11.4 Å². The molecule has 2 N–H and O–H groups in total. The van der Waals surface area contributed by atoms with Gasteiger partial charge in [0.25, 0.3) is 5.91 Å². The third-order valence-corrected chi connectivity index (χ3v) is 4.63. The lowest BCUT2D eigenvalue weighted by molar-refractivity contribution is -0.118. The summed E-state index contributed by atoms with van der Waals surface area (Å²) in [6.45, 7) is 3.48. The molecule has 0 radical (unpaired) electrons. The van der Waals surface area contributed by atoms with Gasteiger partial charge in [0.2, 0.25) is 5.91 Å². The molecule has 138 valence electrons. The zero-order valence-electron chi connectivity index (χ0n) is 15.3. The van der Waals surface area contributed by atoms with Crippen molar-refractivity contribution in [3.05, 3.63) is 41.7 Å². The zero-order chi connectivity index (χ0) is 18.4. The summed E-state index contributed by atoms with van der Waals surface area (Å²) in [6.07, 6.45) is 4.96. The molecule has 0 unspecified atom stereocenters. The van der Waals surface area contributed by atoms with Gasteiger partial charge in [-0.1, -0.05) is 36.8 Å². The van der Waals surface area contributed by atoms with Crippen LogP contribution < -0.4 is 10.6 Å². The normalized spacial score (nSPS) is 13.6. The van der Waals surface area contributed by atoms with Gasteiger partial charge >= 0.3 is 0 Å². The Hall–Kier alpha value is -2.63. The first-order chi connectivity index (χ1) is 12.7. The first kappa shape index (κ1) is 18.2. The molecular formula is C20H26N4O2. The number of nitrogens with one attached hydrogen (secondary N) is 2. The molecular weight excluding hydrogens is 328 g/mol. The van der Waals surface area contributed by atoms with Gasteiger partial charge in [0, 0.05) is 32.1 Å². The summed E-state index contributed by atoms with van der Waals surface area (Å²) < 4.78 is 2.22. The molecule has 6 nitrogen and oxygen atoms in total. The van der Waals surface area contributed by atoms with Crippen LogP contribution >= 0.6 is 0 Å². The predicted octanol–water partition coefficient (Wildman–Crippen LogP) is 2.53. The number of amides is 2. The Morgan fingerprint density at radius 1 is 1.08 bits per heavy atom. The average Bonchev–Trinajstić information content (AvgIpc) is 2.83. The quantitative estimate of drug-likeness (QED) is 0.783. The third kappa shape index (κ3) is 4.31. The molecule has 0 atom stereocenters. The highest BCUT2D eigenvalue weighted by Crippen LogP contribution is 2.27. The summed E-state index contributed by atoms with van der Waals surface area (Å²) in [7, 11) is 0. The number of carbonyl (C=O) groups excluding carboxylic acids is 2. The van der Waals surface area contributed by atoms with Crippen molar-refractivity contribution in [2.24, 2.45) is 0 Å². The van der Waals surface area contributed by atoms with Crippen molar-refractivity contribution < 1.29 is 9.59 Å². The fourth-order valence-corrected chi connectivity index (χ4v) is 3.35. The van der Waals surface area contributed by atoms with Crippen LogP contribution in [-0.4, -0.2) is 34.5 Å². The number of imidazole rings is 1. The van der Waals surface area contributed by atoms with Gasteiger partial charge in [0.05, 0.1) is 5.69 Å². The lowest BCUT2D eigenvalue weighted by Gasteiger charge is -2.09. The van der Waals surface area contributed by atoms with E-state index in [1.54, 1.807) is 0 Å². The van der Waals surface area contributed by atoms with E-state index in [-0.39, 0.29) is 11.8 Å². The molecule has 1 aromatic heterocycles. The molecule has 1 aliphatic rings. The van der Waals surface area contributed by atoms with Crippen LogP contribution in [0.2, 0.25) is 0 Å². The maximum absolute atomic E-state index is 12.7. The Bertz CT molecular complexity index is 768. The van der Waals surface area contributed by atoms with E-state index in [2.05, 4.69) is 15.2 Å². The monoisotopic (exact) mass is 354 g/mol. The highest BCUT2D eigenvalue weighted by atomic mass is 16.2. The van der Waals surface area contributed by atoms with E-state index in [1.807, 2.05) is 30.3 Å². The summed E-state index contributed by atoms with van der Waals surface area (Å²) in [4.78, 5) is 28.3. The summed E-state index contributed by atoms with van der Waals surface area (Å²) in [5.74, 6) is 0.704. The van der Waals surface area contributed by atoms with E-state index in [4.69, 9.17) is 4.98 Å². The Balaban J connectivity index is 1.77. The Kier molecular flexibility index (Phi) is 6.04. The summed E-state index contributed by atoms with van der Waals surface area (Å²) in [6, 6.07) is 10.1. The van der Waals surface area contributed by atoms with Gasteiger partial charge in [0.1, 0.15) is 11.5 Å². The molecule has 0 fully saturated rings. The Labute approximate surface area is 154 Å². The molecule has 0 aliphatic carbocycles. The first-order valence-electron chi connectivity index (χ1n) is 9.34. The molecule has 2 aromatic rings. The summed E-state index contributed by atoms with van der Waals surface area (Å²) in [5.41, 5.74) is 2.63. The number of fused-ring (bicyclic) bond motifs is 1.